The van der Waals surface area contributed by atoms with E-state index in [9.17, 15) is 0 Å². The van der Waals surface area contributed by atoms with Crippen LogP contribution in [0.5, 0.6) is 0 Å². The molecule has 0 bridgehead atoms. The van der Waals surface area contributed by atoms with Gasteiger partial charge in [-0.15, -0.1) is 0 Å². The number of aromatic nitrogens is 2. The molecule has 2 rings (SSSR count). The Balaban J connectivity index is 1.61. The molecule has 0 unspecified atom stereocenters. The van der Waals surface area contributed by atoms with Crippen molar-refractivity contribution in [3.8, 4) is 0 Å². The zero-order valence-electron chi connectivity index (χ0n) is 14.0. The molecule has 1 heterocycles. The van der Waals surface area contributed by atoms with Gasteiger partial charge in [-0.05, 0) is 37.8 Å². The fourth-order valence-electron chi connectivity index (χ4n) is 2.76. The number of hydrogen-bond acceptors (Lipinski definition) is 6. The Bertz CT molecular complexity index is 462. The summed E-state index contributed by atoms with van der Waals surface area (Å²) in [5, 5.41) is 6.99. The molecule has 6 heteroatoms. The molecule has 23 heavy (non-hydrogen) atoms. The smallest absolute Gasteiger partial charge is 0.223 e. The lowest BCUT2D eigenvalue weighted by molar-refractivity contribution is 0.0705. The fraction of sp³-hybridized carbons (Fsp3) is 0.647. The summed E-state index contributed by atoms with van der Waals surface area (Å²) in [6.45, 7) is 6.70. The van der Waals surface area contributed by atoms with Gasteiger partial charge < -0.3 is 20.1 Å². The standard InChI is InChI=1S/C17H28N4O2/c1-3-14-8-9-19-17(20-14)21-16-6-4-15(5-7-16)18-10-11-23-13-12-22-2/h3,8-9,15-16,18H,1,4-7,10-13H2,2H3,(H,19,20,21). The van der Waals surface area contributed by atoms with Gasteiger partial charge in [0, 0.05) is 31.9 Å². The van der Waals surface area contributed by atoms with Gasteiger partial charge in [-0.25, -0.2) is 9.97 Å². The molecule has 1 fully saturated rings. The number of hydrogen-bond donors (Lipinski definition) is 2. The van der Waals surface area contributed by atoms with E-state index in [1.807, 2.05) is 6.07 Å². The first-order valence-corrected chi connectivity index (χ1v) is 8.34. The third-order valence-corrected chi connectivity index (χ3v) is 4.06. The minimum Gasteiger partial charge on any atom is -0.382 e. The SMILES string of the molecule is C=Cc1ccnc(NC2CCC(NCCOCCOC)CC2)n1. The summed E-state index contributed by atoms with van der Waals surface area (Å²) in [4.78, 5) is 8.68. The Labute approximate surface area is 138 Å². The van der Waals surface area contributed by atoms with Gasteiger partial charge in [0.2, 0.25) is 5.95 Å². The van der Waals surface area contributed by atoms with Crippen molar-refractivity contribution >= 4 is 12.0 Å². The van der Waals surface area contributed by atoms with Crippen molar-refractivity contribution in [1.82, 2.24) is 15.3 Å². The molecule has 0 spiro atoms. The molecule has 1 aromatic rings. The van der Waals surface area contributed by atoms with Gasteiger partial charge in [0.25, 0.3) is 0 Å². The van der Waals surface area contributed by atoms with E-state index in [0.717, 1.165) is 44.5 Å². The van der Waals surface area contributed by atoms with Gasteiger partial charge in [0.1, 0.15) is 0 Å². The normalized spacial score (nSPS) is 21.1. The van der Waals surface area contributed by atoms with Crippen LogP contribution in [0.15, 0.2) is 18.8 Å². The number of methoxy groups -OCH3 is 1. The zero-order valence-corrected chi connectivity index (χ0v) is 14.0. The molecular weight excluding hydrogens is 292 g/mol. The molecule has 0 aliphatic heterocycles. The second-order valence-corrected chi connectivity index (χ2v) is 5.76. The van der Waals surface area contributed by atoms with Crippen molar-refractivity contribution in [3.63, 3.8) is 0 Å². The molecule has 1 aliphatic rings. The van der Waals surface area contributed by atoms with Crippen molar-refractivity contribution in [3.05, 3.63) is 24.5 Å². The second-order valence-electron chi connectivity index (χ2n) is 5.76. The molecular formula is C17H28N4O2. The van der Waals surface area contributed by atoms with E-state index in [0.29, 0.717) is 31.2 Å². The van der Waals surface area contributed by atoms with Gasteiger partial charge in [-0.3, -0.25) is 0 Å². The van der Waals surface area contributed by atoms with Crippen LogP contribution >= 0.6 is 0 Å². The summed E-state index contributed by atoms with van der Waals surface area (Å²) in [6, 6.07) is 2.89. The first-order valence-electron chi connectivity index (χ1n) is 8.34. The van der Waals surface area contributed by atoms with Crippen LogP contribution in [0.25, 0.3) is 6.08 Å². The lowest BCUT2D eigenvalue weighted by Crippen LogP contribution is -2.38. The van der Waals surface area contributed by atoms with Crippen molar-refractivity contribution in [2.75, 3.05) is 38.8 Å². The zero-order chi connectivity index (χ0) is 16.3. The predicted octanol–water partition coefficient (Wildman–Crippen LogP) is 2.10. The minimum absolute atomic E-state index is 0.450. The van der Waals surface area contributed by atoms with Crippen LogP contribution in [-0.2, 0) is 9.47 Å². The highest BCUT2D eigenvalue weighted by Gasteiger charge is 2.21. The summed E-state index contributed by atoms with van der Waals surface area (Å²) < 4.78 is 10.4. The van der Waals surface area contributed by atoms with Crippen LogP contribution in [-0.4, -0.2) is 55.5 Å². The Hall–Kier alpha value is -1.50. The van der Waals surface area contributed by atoms with Crippen LogP contribution in [0, 0.1) is 0 Å². The predicted molar refractivity (Wildman–Crippen MR) is 92.5 cm³/mol. The van der Waals surface area contributed by atoms with Crippen LogP contribution in [0.2, 0.25) is 0 Å². The molecule has 1 aliphatic carbocycles. The number of rotatable bonds is 10. The Kier molecular flexibility index (Phi) is 8.00. The van der Waals surface area contributed by atoms with Crippen LogP contribution in [0.4, 0.5) is 5.95 Å². The van der Waals surface area contributed by atoms with Crippen molar-refractivity contribution in [2.24, 2.45) is 0 Å². The summed E-state index contributed by atoms with van der Waals surface area (Å²) in [5.41, 5.74) is 0.853. The number of nitrogens with one attached hydrogen (secondary N) is 2. The van der Waals surface area contributed by atoms with Gasteiger partial charge in [-0.2, -0.15) is 0 Å². The highest BCUT2D eigenvalue weighted by atomic mass is 16.5. The largest absolute Gasteiger partial charge is 0.382 e. The molecule has 0 aromatic carbocycles. The van der Waals surface area contributed by atoms with E-state index in [1.165, 1.54) is 0 Å². The summed E-state index contributed by atoms with van der Waals surface area (Å²) in [7, 11) is 1.69. The minimum atomic E-state index is 0.450. The second kappa shape index (κ2) is 10.3. The monoisotopic (exact) mass is 320 g/mol. The topological polar surface area (TPSA) is 68.3 Å². The molecule has 0 atom stereocenters. The van der Waals surface area contributed by atoms with Crippen LogP contribution in [0.3, 0.4) is 0 Å². The number of ether oxygens (including phenoxy) is 2. The molecule has 1 saturated carbocycles. The summed E-state index contributed by atoms with van der Waals surface area (Å²) in [6.07, 6.45) is 8.09. The highest BCUT2D eigenvalue weighted by Crippen LogP contribution is 2.21. The fourth-order valence-corrected chi connectivity index (χ4v) is 2.76. The quantitative estimate of drug-likeness (QED) is 0.644. The van der Waals surface area contributed by atoms with Crippen molar-refractivity contribution < 1.29 is 9.47 Å². The lowest BCUT2D eigenvalue weighted by atomic mass is 9.91. The van der Waals surface area contributed by atoms with Gasteiger partial charge >= 0.3 is 0 Å². The van der Waals surface area contributed by atoms with E-state index >= 15 is 0 Å². The van der Waals surface area contributed by atoms with E-state index in [4.69, 9.17) is 9.47 Å². The maximum absolute atomic E-state index is 5.46. The third kappa shape index (κ3) is 6.64. The third-order valence-electron chi connectivity index (χ3n) is 4.06. The molecule has 0 saturated heterocycles. The van der Waals surface area contributed by atoms with E-state index < -0.39 is 0 Å². The lowest BCUT2D eigenvalue weighted by Gasteiger charge is -2.29. The highest BCUT2D eigenvalue weighted by molar-refractivity contribution is 5.43. The van der Waals surface area contributed by atoms with Crippen LogP contribution in [0.1, 0.15) is 31.4 Å². The number of anilines is 1. The maximum Gasteiger partial charge on any atom is 0.223 e. The summed E-state index contributed by atoms with van der Waals surface area (Å²) in [5.74, 6) is 0.699. The van der Waals surface area contributed by atoms with Gasteiger partial charge in [0.15, 0.2) is 0 Å². The molecule has 2 N–H and O–H groups in total. The average Bonchev–Trinajstić information content (AvgIpc) is 2.59. The number of nitrogens with zero attached hydrogens (tertiary/aromatic N) is 2. The Morgan fingerprint density at radius 2 is 2.00 bits per heavy atom. The van der Waals surface area contributed by atoms with E-state index in [-0.39, 0.29) is 0 Å². The Morgan fingerprint density at radius 3 is 2.74 bits per heavy atom. The maximum atomic E-state index is 5.46. The molecule has 128 valence electrons. The van der Waals surface area contributed by atoms with Gasteiger partial charge in [0.05, 0.1) is 25.5 Å². The first-order chi connectivity index (χ1) is 11.3. The van der Waals surface area contributed by atoms with Crippen molar-refractivity contribution in [2.45, 2.75) is 37.8 Å². The molecule has 0 amide bonds. The van der Waals surface area contributed by atoms with Crippen LogP contribution < -0.4 is 10.6 Å². The van der Waals surface area contributed by atoms with E-state index in [1.54, 1.807) is 19.4 Å². The van der Waals surface area contributed by atoms with Crippen molar-refractivity contribution in [1.29, 1.82) is 0 Å². The van der Waals surface area contributed by atoms with Gasteiger partial charge in [-0.1, -0.05) is 6.58 Å². The Morgan fingerprint density at radius 1 is 1.22 bits per heavy atom. The molecule has 6 nitrogen and oxygen atoms in total. The average molecular weight is 320 g/mol. The molecule has 1 aromatic heterocycles. The van der Waals surface area contributed by atoms with E-state index in [2.05, 4.69) is 27.2 Å². The molecule has 0 radical (unpaired) electrons. The first kappa shape index (κ1) is 17.8. The summed E-state index contributed by atoms with van der Waals surface area (Å²) >= 11 is 0.